The van der Waals surface area contributed by atoms with Crippen LogP contribution in [-0.4, -0.2) is 27.0 Å². The van der Waals surface area contributed by atoms with Gasteiger partial charge in [-0.3, -0.25) is 9.78 Å². The molecule has 0 saturated heterocycles. The number of carboxylic acids is 1. The second-order valence-electron chi connectivity index (χ2n) is 7.33. The van der Waals surface area contributed by atoms with Crippen LogP contribution in [0.4, 0.5) is 5.69 Å². The summed E-state index contributed by atoms with van der Waals surface area (Å²) in [5.41, 5.74) is 4.11. The van der Waals surface area contributed by atoms with Gasteiger partial charge in [0, 0.05) is 22.8 Å². The molecule has 0 aliphatic heterocycles. The van der Waals surface area contributed by atoms with Crippen LogP contribution in [0.2, 0.25) is 0 Å². The molecule has 2 heterocycles. The molecule has 0 aliphatic carbocycles. The van der Waals surface area contributed by atoms with E-state index >= 15 is 0 Å². The molecule has 8 heteroatoms. The molecule has 33 heavy (non-hydrogen) atoms. The lowest BCUT2D eigenvalue weighted by Gasteiger charge is -2.07. The molecule has 0 radical (unpaired) electrons. The molecule has 4 rings (SSSR count). The Balaban J connectivity index is 1.35. The standard InChI is InChI=1S/C25H21N3O4S/c1-16-21(25(30)31)11-19(12-26-16)24-28-22(15-33-24)23(29)27-20-9-7-18(8-10-20)14-32-13-17-5-3-2-4-6-17/h2-12,15H,13-14H2,1H3,(H,27,29)(H,30,31). The van der Waals surface area contributed by atoms with Crippen molar-refractivity contribution in [1.82, 2.24) is 9.97 Å². The molecule has 0 unspecified atom stereocenters. The van der Waals surface area contributed by atoms with Gasteiger partial charge in [-0.25, -0.2) is 9.78 Å². The van der Waals surface area contributed by atoms with E-state index in [0.717, 1.165) is 11.1 Å². The minimum atomic E-state index is -1.05. The predicted octanol–water partition coefficient (Wildman–Crippen LogP) is 5.18. The van der Waals surface area contributed by atoms with Crippen LogP contribution in [0.25, 0.3) is 10.6 Å². The molecule has 0 bridgehead atoms. The summed E-state index contributed by atoms with van der Waals surface area (Å²) in [5.74, 6) is -1.39. The molecule has 0 atom stereocenters. The van der Waals surface area contributed by atoms with Gasteiger partial charge in [0.1, 0.15) is 10.7 Å². The van der Waals surface area contributed by atoms with Crippen molar-refractivity contribution < 1.29 is 19.4 Å². The number of benzene rings is 2. The maximum atomic E-state index is 12.6. The number of aryl methyl sites for hydroxylation is 1. The number of hydrogen-bond donors (Lipinski definition) is 2. The van der Waals surface area contributed by atoms with Gasteiger partial charge in [-0.1, -0.05) is 42.5 Å². The Kier molecular flexibility index (Phi) is 6.87. The number of thiazole rings is 1. The number of aromatic carboxylic acids is 1. The SMILES string of the molecule is Cc1ncc(-c2nc(C(=O)Nc3ccc(COCc4ccccc4)cc3)cs2)cc1C(=O)O. The van der Waals surface area contributed by atoms with Crippen molar-refractivity contribution in [2.24, 2.45) is 0 Å². The number of hydrogen-bond acceptors (Lipinski definition) is 6. The molecule has 2 aromatic heterocycles. The summed E-state index contributed by atoms with van der Waals surface area (Å²) in [4.78, 5) is 32.4. The average Bonchev–Trinajstić information content (AvgIpc) is 3.32. The van der Waals surface area contributed by atoms with Crippen molar-refractivity contribution in [2.75, 3.05) is 5.32 Å². The average molecular weight is 460 g/mol. The van der Waals surface area contributed by atoms with Crippen LogP contribution < -0.4 is 5.32 Å². The van der Waals surface area contributed by atoms with E-state index in [9.17, 15) is 14.7 Å². The topological polar surface area (TPSA) is 101 Å². The molecule has 4 aromatic rings. The number of ether oxygens (including phenoxy) is 1. The Labute approximate surface area is 194 Å². The lowest BCUT2D eigenvalue weighted by atomic mass is 10.1. The van der Waals surface area contributed by atoms with E-state index in [1.807, 2.05) is 54.6 Å². The zero-order valence-corrected chi connectivity index (χ0v) is 18.6. The summed E-state index contributed by atoms with van der Waals surface area (Å²) in [7, 11) is 0. The lowest BCUT2D eigenvalue weighted by Crippen LogP contribution is -2.12. The molecule has 2 N–H and O–H groups in total. The zero-order valence-electron chi connectivity index (χ0n) is 17.8. The first-order valence-electron chi connectivity index (χ1n) is 10.2. The van der Waals surface area contributed by atoms with E-state index in [2.05, 4.69) is 15.3 Å². The van der Waals surface area contributed by atoms with Crippen LogP contribution in [0.3, 0.4) is 0 Å². The molecule has 166 valence electrons. The zero-order chi connectivity index (χ0) is 23.2. The number of carbonyl (C=O) groups is 2. The summed E-state index contributed by atoms with van der Waals surface area (Å²) in [6.07, 6.45) is 1.56. The van der Waals surface area contributed by atoms with Gasteiger partial charge in [-0.05, 0) is 36.2 Å². The fraction of sp³-hybridized carbons (Fsp3) is 0.120. The van der Waals surface area contributed by atoms with Gasteiger partial charge in [0.15, 0.2) is 0 Å². The van der Waals surface area contributed by atoms with Crippen LogP contribution in [0.5, 0.6) is 0 Å². The fourth-order valence-electron chi connectivity index (χ4n) is 3.12. The van der Waals surface area contributed by atoms with Crippen molar-refractivity contribution >= 4 is 28.9 Å². The highest BCUT2D eigenvalue weighted by Crippen LogP contribution is 2.25. The highest BCUT2D eigenvalue weighted by atomic mass is 32.1. The second kappa shape index (κ2) is 10.2. The Morgan fingerprint density at radius 1 is 1.03 bits per heavy atom. The van der Waals surface area contributed by atoms with E-state index in [0.29, 0.717) is 35.2 Å². The number of carboxylic acid groups (broad SMARTS) is 1. The van der Waals surface area contributed by atoms with Crippen LogP contribution in [0.15, 0.2) is 72.2 Å². The maximum Gasteiger partial charge on any atom is 0.337 e. The van der Waals surface area contributed by atoms with Gasteiger partial charge in [-0.15, -0.1) is 11.3 Å². The summed E-state index contributed by atoms with van der Waals surface area (Å²) in [6.45, 7) is 2.64. The monoisotopic (exact) mass is 459 g/mol. The number of rotatable bonds is 8. The largest absolute Gasteiger partial charge is 0.478 e. The van der Waals surface area contributed by atoms with Crippen molar-refractivity contribution in [3.63, 3.8) is 0 Å². The molecule has 0 spiro atoms. The second-order valence-corrected chi connectivity index (χ2v) is 8.19. The molecule has 0 fully saturated rings. The van der Waals surface area contributed by atoms with Gasteiger partial charge in [0.05, 0.1) is 24.5 Å². The Morgan fingerprint density at radius 2 is 1.73 bits per heavy atom. The van der Waals surface area contributed by atoms with Gasteiger partial charge in [-0.2, -0.15) is 0 Å². The van der Waals surface area contributed by atoms with E-state index < -0.39 is 5.97 Å². The summed E-state index contributed by atoms with van der Waals surface area (Å²) >= 11 is 1.26. The van der Waals surface area contributed by atoms with Crippen LogP contribution in [0.1, 0.15) is 37.7 Å². The highest BCUT2D eigenvalue weighted by Gasteiger charge is 2.15. The normalized spacial score (nSPS) is 10.7. The first kappa shape index (κ1) is 22.3. The number of nitrogens with zero attached hydrogens (tertiary/aromatic N) is 2. The Morgan fingerprint density at radius 3 is 2.42 bits per heavy atom. The highest BCUT2D eigenvalue weighted by molar-refractivity contribution is 7.13. The summed E-state index contributed by atoms with van der Waals surface area (Å²) in [6, 6.07) is 18.9. The van der Waals surface area contributed by atoms with Crippen LogP contribution in [-0.2, 0) is 18.0 Å². The smallest absolute Gasteiger partial charge is 0.337 e. The molecular formula is C25H21N3O4S. The van der Waals surface area contributed by atoms with Crippen molar-refractivity contribution in [1.29, 1.82) is 0 Å². The van der Waals surface area contributed by atoms with Crippen molar-refractivity contribution in [3.05, 3.63) is 100 Å². The third kappa shape index (κ3) is 5.68. The Bertz CT molecular complexity index is 1270. The predicted molar refractivity (Wildman–Crippen MR) is 126 cm³/mol. The van der Waals surface area contributed by atoms with Gasteiger partial charge in [0.25, 0.3) is 5.91 Å². The third-order valence-corrected chi connectivity index (χ3v) is 5.78. The van der Waals surface area contributed by atoms with E-state index in [-0.39, 0.29) is 17.2 Å². The molecular weight excluding hydrogens is 438 g/mol. The number of amides is 1. The molecule has 1 amide bonds. The quantitative estimate of drug-likeness (QED) is 0.376. The number of nitrogens with one attached hydrogen (secondary N) is 1. The van der Waals surface area contributed by atoms with E-state index in [1.165, 1.54) is 17.4 Å². The maximum absolute atomic E-state index is 12.6. The third-order valence-electron chi connectivity index (χ3n) is 4.89. The molecule has 2 aromatic carbocycles. The fourth-order valence-corrected chi connectivity index (χ4v) is 3.90. The first-order chi connectivity index (χ1) is 16.0. The van der Waals surface area contributed by atoms with E-state index in [1.54, 1.807) is 18.5 Å². The van der Waals surface area contributed by atoms with E-state index in [4.69, 9.17) is 4.74 Å². The number of carbonyl (C=O) groups excluding carboxylic acids is 1. The number of anilines is 1. The van der Waals surface area contributed by atoms with Gasteiger partial charge in [0.2, 0.25) is 0 Å². The van der Waals surface area contributed by atoms with Crippen LogP contribution >= 0.6 is 11.3 Å². The van der Waals surface area contributed by atoms with Crippen molar-refractivity contribution in [3.8, 4) is 10.6 Å². The molecule has 7 nitrogen and oxygen atoms in total. The lowest BCUT2D eigenvalue weighted by molar-refractivity contribution is 0.0695. The first-order valence-corrected chi connectivity index (χ1v) is 11.1. The Hall–Kier alpha value is -3.88. The summed E-state index contributed by atoms with van der Waals surface area (Å²) < 4.78 is 5.73. The minimum Gasteiger partial charge on any atom is -0.478 e. The van der Waals surface area contributed by atoms with Gasteiger partial charge < -0.3 is 15.2 Å². The molecule has 0 aliphatic rings. The summed E-state index contributed by atoms with van der Waals surface area (Å²) in [5, 5.41) is 14.3. The van der Waals surface area contributed by atoms with Gasteiger partial charge >= 0.3 is 5.97 Å². The number of aromatic nitrogens is 2. The number of pyridine rings is 1. The minimum absolute atomic E-state index is 0.113. The van der Waals surface area contributed by atoms with Crippen LogP contribution in [0, 0.1) is 6.92 Å². The molecule has 0 saturated carbocycles. The van der Waals surface area contributed by atoms with Crippen molar-refractivity contribution in [2.45, 2.75) is 20.1 Å².